The van der Waals surface area contributed by atoms with Crippen molar-refractivity contribution in [3.05, 3.63) is 35.2 Å². The summed E-state index contributed by atoms with van der Waals surface area (Å²) < 4.78 is 24.2. The van der Waals surface area contributed by atoms with Crippen molar-refractivity contribution in [2.45, 2.75) is 6.54 Å². The van der Waals surface area contributed by atoms with Crippen molar-refractivity contribution < 1.29 is 8.76 Å². The summed E-state index contributed by atoms with van der Waals surface area (Å²) in [5, 5.41) is 3.10. The minimum Gasteiger partial charge on any atom is -0.760 e. The molecule has 0 amide bonds. The molecule has 0 bridgehead atoms. The summed E-state index contributed by atoms with van der Waals surface area (Å²) in [5.74, 6) is 0. The average Bonchev–Trinajstić information content (AvgIpc) is 2.58. The molecule has 1 N–H and O–H groups in total. The molecular weight excluding hydrogens is 218 g/mol. The number of benzene rings is 1. The van der Waals surface area contributed by atoms with Crippen LogP contribution in [-0.2, 0) is 17.8 Å². The second-order valence-electron chi connectivity index (χ2n) is 2.81. The van der Waals surface area contributed by atoms with E-state index in [0.29, 0.717) is 6.54 Å². The van der Waals surface area contributed by atoms with Gasteiger partial charge >= 0.3 is 0 Å². The molecule has 0 radical (unpaired) electrons. The Hall–Kier alpha value is -0.750. The number of fused-ring (bicyclic) bond motifs is 1. The standard InChI is InChI=1S/C9H9NO2S2/c11-14(12)10-5-7-6-13-9-4-2-1-3-8(7)9/h1-4,6,10H,5H2,(H,11,12)/p-1. The molecule has 0 fully saturated rings. The molecule has 0 spiro atoms. The first-order valence-electron chi connectivity index (χ1n) is 4.05. The lowest BCUT2D eigenvalue weighted by Gasteiger charge is -2.05. The fourth-order valence-electron chi connectivity index (χ4n) is 1.31. The zero-order valence-corrected chi connectivity index (χ0v) is 8.86. The largest absolute Gasteiger partial charge is 0.760 e. The van der Waals surface area contributed by atoms with E-state index in [9.17, 15) is 8.76 Å². The summed E-state index contributed by atoms with van der Waals surface area (Å²) >= 11 is -0.564. The summed E-state index contributed by atoms with van der Waals surface area (Å²) in [6.45, 7) is 0.361. The molecule has 2 aromatic rings. The SMILES string of the molecule is O=S([O-])NCc1csc2ccccc12. The van der Waals surface area contributed by atoms with E-state index in [1.807, 2.05) is 29.6 Å². The first kappa shape index (κ1) is 9.79. The van der Waals surface area contributed by atoms with E-state index in [0.717, 1.165) is 10.9 Å². The van der Waals surface area contributed by atoms with Gasteiger partial charge in [-0.05, 0) is 22.4 Å². The summed E-state index contributed by atoms with van der Waals surface area (Å²) in [6.07, 6.45) is 0. The quantitative estimate of drug-likeness (QED) is 0.811. The van der Waals surface area contributed by atoms with E-state index in [1.54, 1.807) is 11.3 Å². The lowest BCUT2D eigenvalue weighted by molar-refractivity contribution is 0.523. The number of rotatable bonds is 3. The molecule has 0 saturated heterocycles. The lowest BCUT2D eigenvalue weighted by atomic mass is 10.2. The predicted octanol–water partition coefficient (Wildman–Crippen LogP) is 1.78. The van der Waals surface area contributed by atoms with Gasteiger partial charge in [-0.2, -0.15) is 0 Å². The first-order valence-corrected chi connectivity index (χ1v) is 6.00. The zero-order chi connectivity index (χ0) is 9.97. The van der Waals surface area contributed by atoms with Crippen LogP contribution < -0.4 is 4.72 Å². The lowest BCUT2D eigenvalue weighted by Crippen LogP contribution is -2.15. The maximum absolute atomic E-state index is 10.3. The van der Waals surface area contributed by atoms with Crippen LogP contribution in [0.2, 0.25) is 0 Å². The van der Waals surface area contributed by atoms with Crippen LogP contribution >= 0.6 is 11.3 Å². The fourth-order valence-corrected chi connectivity index (χ4v) is 2.54. The number of nitrogens with one attached hydrogen (secondary N) is 1. The Labute approximate surface area is 88.2 Å². The molecule has 5 heteroatoms. The third-order valence-corrected chi connectivity index (χ3v) is 3.33. The molecule has 74 valence electrons. The molecule has 1 aromatic heterocycles. The topological polar surface area (TPSA) is 52.2 Å². The van der Waals surface area contributed by atoms with Crippen molar-refractivity contribution in [2.24, 2.45) is 0 Å². The molecule has 0 aliphatic rings. The van der Waals surface area contributed by atoms with E-state index in [-0.39, 0.29) is 0 Å². The second kappa shape index (κ2) is 4.18. The fraction of sp³-hybridized carbons (Fsp3) is 0.111. The second-order valence-corrected chi connectivity index (χ2v) is 4.48. The Morgan fingerprint density at radius 2 is 2.21 bits per heavy atom. The molecule has 14 heavy (non-hydrogen) atoms. The van der Waals surface area contributed by atoms with Crippen LogP contribution in [0.15, 0.2) is 29.6 Å². The van der Waals surface area contributed by atoms with Gasteiger partial charge in [0, 0.05) is 22.5 Å². The van der Waals surface area contributed by atoms with Gasteiger partial charge in [-0.25, -0.2) is 4.72 Å². The molecule has 1 heterocycles. The van der Waals surface area contributed by atoms with E-state index >= 15 is 0 Å². The van der Waals surface area contributed by atoms with Gasteiger partial charge in [0.2, 0.25) is 0 Å². The molecule has 0 aliphatic heterocycles. The summed E-state index contributed by atoms with van der Waals surface area (Å²) in [4.78, 5) is 0. The predicted molar refractivity (Wildman–Crippen MR) is 57.6 cm³/mol. The summed E-state index contributed by atoms with van der Waals surface area (Å²) in [6, 6.07) is 7.95. The highest BCUT2D eigenvalue weighted by atomic mass is 32.2. The van der Waals surface area contributed by atoms with Crippen molar-refractivity contribution in [1.29, 1.82) is 0 Å². The zero-order valence-electron chi connectivity index (χ0n) is 7.23. The monoisotopic (exact) mass is 226 g/mol. The molecule has 1 atom stereocenters. The smallest absolute Gasteiger partial charge is 0.0346 e. The molecule has 3 nitrogen and oxygen atoms in total. The first-order chi connectivity index (χ1) is 6.77. The number of hydrogen-bond acceptors (Lipinski definition) is 3. The van der Waals surface area contributed by atoms with Gasteiger partial charge in [0.1, 0.15) is 0 Å². The minimum atomic E-state index is -2.19. The van der Waals surface area contributed by atoms with Gasteiger partial charge in [0.15, 0.2) is 0 Å². The van der Waals surface area contributed by atoms with Crippen molar-refractivity contribution >= 4 is 32.7 Å². The van der Waals surface area contributed by atoms with Crippen LogP contribution in [0.4, 0.5) is 0 Å². The Morgan fingerprint density at radius 1 is 1.43 bits per heavy atom. The third kappa shape index (κ3) is 2.01. The molecule has 1 unspecified atom stereocenters. The van der Waals surface area contributed by atoms with Crippen LogP contribution in [-0.4, -0.2) is 8.76 Å². The maximum Gasteiger partial charge on any atom is 0.0346 e. The number of hydrogen-bond donors (Lipinski definition) is 1. The van der Waals surface area contributed by atoms with Gasteiger partial charge in [0.05, 0.1) is 0 Å². The van der Waals surface area contributed by atoms with Gasteiger partial charge < -0.3 is 4.55 Å². The third-order valence-electron chi connectivity index (χ3n) is 1.94. The highest BCUT2D eigenvalue weighted by molar-refractivity contribution is 7.77. The number of thiophene rings is 1. The van der Waals surface area contributed by atoms with Crippen LogP contribution in [0.25, 0.3) is 10.1 Å². The highest BCUT2D eigenvalue weighted by Gasteiger charge is 2.01. The molecule has 2 rings (SSSR count). The van der Waals surface area contributed by atoms with Gasteiger partial charge in [-0.1, -0.05) is 18.2 Å². The molecule has 0 aliphatic carbocycles. The van der Waals surface area contributed by atoms with E-state index in [1.165, 1.54) is 4.70 Å². The highest BCUT2D eigenvalue weighted by Crippen LogP contribution is 2.25. The minimum absolute atomic E-state index is 0.361. The van der Waals surface area contributed by atoms with Gasteiger partial charge in [0.25, 0.3) is 0 Å². The van der Waals surface area contributed by atoms with Crippen molar-refractivity contribution in [3.63, 3.8) is 0 Å². The van der Waals surface area contributed by atoms with Crippen molar-refractivity contribution in [3.8, 4) is 0 Å². The Morgan fingerprint density at radius 3 is 3.00 bits per heavy atom. The van der Waals surface area contributed by atoms with Crippen LogP contribution in [0.1, 0.15) is 5.56 Å². The summed E-state index contributed by atoms with van der Waals surface area (Å²) in [5.41, 5.74) is 1.02. The molecular formula is C9H8NO2S2-. The van der Waals surface area contributed by atoms with Crippen molar-refractivity contribution in [2.75, 3.05) is 0 Å². The van der Waals surface area contributed by atoms with Gasteiger partial charge in [-0.3, -0.25) is 4.21 Å². The Balaban J connectivity index is 2.29. The van der Waals surface area contributed by atoms with E-state index in [2.05, 4.69) is 4.72 Å². The Bertz CT molecular complexity index is 467. The van der Waals surface area contributed by atoms with Crippen LogP contribution in [0.5, 0.6) is 0 Å². The molecule has 0 saturated carbocycles. The van der Waals surface area contributed by atoms with Crippen LogP contribution in [0.3, 0.4) is 0 Å². The van der Waals surface area contributed by atoms with E-state index in [4.69, 9.17) is 0 Å². The Kier molecular flexibility index (Phi) is 2.93. The maximum atomic E-state index is 10.3. The average molecular weight is 226 g/mol. The normalized spacial score (nSPS) is 13.2. The van der Waals surface area contributed by atoms with Gasteiger partial charge in [-0.15, -0.1) is 11.3 Å². The van der Waals surface area contributed by atoms with Crippen LogP contribution in [0, 0.1) is 0 Å². The van der Waals surface area contributed by atoms with Crippen molar-refractivity contribution in [1.82, 2.24) is 4.72 Å². The summed E-state index contributed by atoms with van der Waals surface area (Å²) in [7, 11) is 0. The van der Waals surface area contributed by atoms with E-state index < -0.39 is 11.3 Å². The molecule has 1 aromatic carbocycles.